The summed E-state index contributed by atoms with van der Waals surface area (Å²) in [6.45, 7) is 1.34. The van der Waals surface area contributed by atoms with Crippen molar-refractivity contribution in [2.24, 2.45) is 0 Å². The third kappa shape index (κ3) is 2.27. The maximum absolute atomic E-state index is 13.7. The molecule has 0 unspecified atom stereocenters. The molecule has 0 saturated carbocycles. The van der Waals surface area contributed by atoms with Gasteiger partial charge in [0.1, 0.15) is 11.6 Å². The number of benzene rings is 2. The van der Waals surface area contributed by atoms with E-state index in [1.54, 1.807) is 0 Å². The van der Waals surface area contributed by atoms with Gasteiger partial charge in [-0.2, -0.15) is 0 Å². The van der Waals surface area contributed by atoms with Gasteiger partial charge in [0.05, 0.1) is 28.7 Å². The Morgan fingerprint density at radius 1 is 1.20 bits per heavy atom. The van der Waals surface area contributed by atoms with Crippen LogP contribution in [-0.4, -0.2) is 13.2 Å². The number of halogens is 2. The SMILES string of the molecule is Nc1cc(Cl)c(F)cc1N1CCCOc2ccccc21. The molecule has 0 bridgehead atoms. The zero-order valence-corrected chi connectivity index (χ0v) is 11.5. The number of hydrogen-bond acceptors (Lipinski definition) is 3. The summed E-state index contributed by atoms with van der Waals surface area (Å²) < 4.78 is 19.4. The molecule has 0 spiro atoms. The molecule has 1 heterocycles. The second-order valence-electron chi connectivity index (χ2n) is 4.65. The van der Waals surface area contributed by atoms with E-state index in [0.29, 0.717) is 24.5 Å². The summed E-state index contributed by atoms with van der Waals surface area (Å²) in [7, 11) is 0. The maximum Gasteiger partial charge on any atom is 0.144 e. The summed E-state index contributed by atoms with van der Waals surface area (Å²) in [4.78, 5) is 1.97. The minimum atomic E-state index is -0.474. The van der Waals surface area contributed by atoms with Gasteiger partial charge in [-0.1, -0.05) is 23.7 Å². The number of ether oxygens (including phenoxy) is 1. The first-order valence-electron chi connectivity index (χ1n) is 6.40. The Balaban J connectivity index is 2.12. The monoisotopic (exact) mass is 292 g/mol. The number of para-hydroxylation sites is 2. The highest BCUT2D eigenvalue weighted by molar-refractivity contribution is 6.31. The molecule has 5 heteroatoms. The number of hydrogen-bond donors (Lipinski definition) is 1. The molecule has 1 aliphatic heterocycles. The van der Waals surface area contributed by atoms with E-state index in [1.165, 1.54) is 12.1 Å². The molecular weight excluding hydrogens is 279 g/mol. The van der Waals surface area contributed by atoms with E-state index in [-0.39, 0.29) is 5.02 Å². The van der Waals surface area contributed by atoms with Crippen molar-refractivity contribution in [2.45, 2.75) is 6.42 Å². The van der Waals surface area contributed by atoms with Crippen LogP contribution in [0.15, 0.2) is 36.4 Å². The van der Waals surface area contributed by atoms with Crippen LogP contribution in [0.5, 0.6) is 5.75 Å². The topological polar surface area (TPSA) is 38.5 Å². The average molecular weight is 293 g/mol. The molecule has 2 N–H and O–H groups in total. The fraction of sp³-hybridized carbons (Fsp3) is 0.200. The third-order valence-corrected chi connectivity index (χ3v) is 3.59. The van der Waals surface area contributed by atoms with Crippen LogP contribution < -0.4 is 15.4 Å². The Bertz CT molecular complexity index is 648. The van der Waals surface area contributed by atoms with Crippen LogP contribution in [-0.2, 0) is 0 Å². The molecule has 104 valence electrons. The Labute approximate surface area is 121 Å². The van der Waals surface area contributed by atoms with Crippen molar-refractivity contribution in [2.75, 3.05) is 23.8 Å². The summed E-state index contributed by atoms with van der Waals surface area (Å²) in [6.07, 6.45) is 0.832. The number of anilines is 3. The van der Waals surface area contributed by atoms with E-state index < -0.39 is 5.82 Å². The fourth-order valence-electron chi connectivity index (χ4n) is 2.36. The molecule has 1 aliphatic rings. The normalized spacial score (nSPS) is 14.4. The van der Waals surface area contributed by atoms with Crippen molar-refractivity contribution >= 4 is 28.7 Å². The van der Waals surface area contributed by atoms with Crippen molar-refractivity contribution in [3.05, 3.63) is 47.2 Å². The summed E-state index contributed by atoms with van der Waals surface area (Å²) in [5.41, 5.74) is 7.95. The molecule has 2 aromatic carbocycles. The summed E-state index contributed by atoms with van der Waals surface area (Å²) in [6, 6.07) is 10.5. The standard InChI is InChI=1S/C15H14ClFN2O/c16-10-8-12(18)14(9-11(10)17)19-6-3-7-20-15-5-2-1-4-13(15)19/h1-2,4-5,8-9H,3,6-7,18H2. The van der Waals surface area contributed by atoms with Crippen molar-refractivity contribution in [3.63, 3.8) is 0 Å². The quantitative estimate of drug-likeness (QED) is 0.808. The van der Waals surface area contributed by atoms with Crippen molar-refractivity contribution in [3.8, 4) is 5.75 Å². The van der Waals surface area contributed by atoms with Crippen LogP contribution >= 0.6 is 11.6 Å². The Kier molecular flexibility index (Phi) is 3.40. The fourth-order valence-corrected chi connectivity index (χ4v) is 2.54. The number of fused-ring (bicyclic) bond motifs is 1. The molecule has 20 heavy (non-hydrogen) atoms. The molecule has 0 fully saturated rings. The van der Waals surface area contributed by atoms with Crippen LogP contribution in [0.4, 0.5) is 21.5 Å². The largest absolute Gasteiger partial charge is 0.491 e. The predicted octanol–water partition coefficient (Wildman–Crippen LogP) is 3.98. The molecule has 3 nitrogen and oxygen atoms in total. The summed E-state index contributed by atoms with van der Waals surface area (Å²) >= 11 is 5.76. The molecule has 0 amide bonds. The van der Waals surface area contributed by atoms with Crippen molar-refractivity contribution in [1.82, 2.24) is 0 Å². The Morgan fingerprint density at radius 3 is 2.85 bits per heavy atom. The van der Waals surface area contributed by atoms with Gasteiger partial charge < -0.3 is 15.4 Å². The third-order valence-electron chi connectivity index (χ3n) is 3.30. The van der Waals surface area contributed by atoms with Crippen molar-refractivity contribution < 1.29 is 9.13 Å². The van der Waals surface area contributed by atoms with Crippen LogP contribution in [0.25, 0.3) is 0 Å². The average Bonchev–Trinajstić information content (AvgIpc) is 2.65. The molecule has 2 aromatic rings. The lowest BCUT2D eigenvalue weighted by Gasteiger charge is -2.25. The summed E-state index contributed by atoms with van der Waals surface area (Å²) in [5, 5.41) is 0.0330. The first-order valence-corrected chi connectivity index (χ1v) is 6.78. The first kappa shape index (κ1) is 13.1. The second-order valence-corrected chi connectivity index (χ2v) is 5.05. The van der Waals surface area contributed by atoms with E-state index in [0.717, 1.165) is 17.9 Å². The second kappa shape index (κ2) is 5.21. The van der Waals surface area contributed by atoms with Gasteiger partial charge in [-0.25, -0.2) is 4.39 Å². The van der Waals surface area contributed by atoms with Crippen LogP contribution in [0.3, 0.4) is 0 Å². The lowest BCUT2D eigenvalue weighted by molar-refractivity contribution is 0.322. The number of nitrogen functional groups attached to an aromatic ring is 1. The van der Waals surface area contributed by atoms with Gasteiger partial charge in [-0.3, -0.25) is 0 Å². The van der Waals surface area contributed by atoms with Crippen LogP contribution in [0.2, 0.25) is 5.02 Å². The van der Waals surface area contributed by atoms with Gasteiger partial charge in [0.25, 0.3) is 0 Å². The lowest BCUT2D eigenvalue weighted by atomic mass is 10.2. The van der Waals surface area contributed by atoms with E-state index in [1.807, 2.05) is 29.2 Å². The van der Waals surface area contributed by atoms with Gasteiger partial charge >= 0.3 is 0 Å². The molecule has 0 aromatic heterocycles. The highest BCUT2D eigenvalue weighted by Crippen LogP contribution is 2.39. The van der Waals surface area contributed by atoms with Gasteiger partial charge in [0.2, 0.25) is 0 Å². The van der Waals surface area contributed by atoms with Gasteiger partial charge in [0, 0.05) is 12.6 Å². The van der Waals surface area contributed by atoms with Crippen molar-refractivity contribution in [1.29, 1.82) is 0 Å². The zero-order valence-electron chi connectivity index (χ0n) is 10.8. The number of nitrogens with two attached hydrogens (primary N) is 1. The molecular formula is C15H14ClFN2O. The molecule has 0 atom stereocenters. The highest BCUT2D eigenvalue weighted by Gasteiger charge is 2.20. The maximum atomic E-state index is 13.7. The lowest BCUT2D eigenvalue weighted by Crippen LogP contribution is -2.19. The zero-order chi connectivity index (χ0) is 14.1. The van der Waals surface area contributed by atoms with Crippen LogP contribution in [0.1, 0.15) is 6.42 Å². The van der Waals surface area contributed by atoms with Crippen LogP contribution in [0, 0.1) is 5.82 Å². The van der Waals surface area contributed by atoms with Gasteiger partial charge in [0.15, 0.2) is 0 Å². The highest BCUT2D eigenvalue weighted by atomic mass is 35.5. The molecule has 0 radical (unpaired) electrons. The number of rotatable bonds is 1. The summed E-state index contributed by atoms with van der Waals surface area (Å²) in [5.74, 6) is 0.304. The van der Waals surface area contributed by atoms with E-state index >= 15 is 0 Å². The predicted molar refractivity (Wildman–Crippen MR) is 79.4 cm³/mol. The smallest absolute Gasteiger partial charge is 0.144 e. The van der Waals surface area contributed by atoms with E-state index in [2.05, 4.69) is 0 Å². The molecule has 0 aliphatic carbocycles. The minimum Gasteiger partial charge on any atom is -0.491 e. The first-order chi connectivity index (χ1) is 9.66. The van der Waals surface area contributed by atoms with E-state index in [9.17, 15) is 4.39 Å². The molecule has 0 saturated heterocycles. The Morgan fingerprint density at radius 2 is 2.00 bits per heavy atom. The van der Waals surface area contributed by atoms with Gasteiger partial charge in [-0.15, -0.1) is 0 Å². The number of nitrogens with zero attached hydrogens (tertiary/aromatic N) is 1. The Hall–Kier alpha value is -1.94. The van der Waals surface area contributed by atoms with Gasteiger partial charge in [-0.05, 0) is 24.6 Å². The van der Waals surface area contributed by atoms with E-state index in [4.69, 9.17) is 22.1 Å². The molecule has 3 rings (SSSR count). The minimum absolute atomic E-state index is 0.0330.